The molecule has 0 unspecified atom stereocenters. The van der Waals surface area contributed by atoms with E-state index in [4.69, 9.17) is 4.74 Å². The molecule has 1 aromatic carbocycles. The SMILES string of the molecule is CCOC(=O)[C@@H]1C[C@@H]2C=C[C@@]1(O)C(=O)N2S(=O)(=O)c1ccc([N+](=O)[O-])cc1. The molecule has 1 saturated heterocycles. The van der Waals surface area contributed by atoms with Gasteiger partial charge >= 0.3 is 5.97 Å². The van der Waals surface area contributed by atoms with Crippen LogP contribution < -0.4 is 0 Å². The Kier molecular flexibility index (Phi) is 4.52. The number of hydrogen-bond acceptors (Lipinski definition) is 8. The first-order valence-electron chi connectivity index (χ1n) is 8.04. The molecular weight excluding hydrogens is 380 g/mol. The predicted molar refractivity (Wildman–Crippen MR) is 89.7 cm³/mol. The Morgan fingerprint density at radius 3 is 2.59 bits per heavy atom. The van der Waals surface area contributed by atoms with Crippen molar-refractivity contribution in [2.24, 2.45) is 5.92 Å². The number of non-ortho nitro benzene ring substituents is 1. The highest BCUT2D eigenvalue weighted by Gasteiger charge is 2.60. The molecule has 1 N–H and O–H groups in total. The zero-order valence-electron chi connectivity index (χ0n) is 14.1. The number of amides is 1. The molecule has 3 atom stereocenters. The highest BCUT2D eigenvalue weighted by Crippen LogP contribution is 2.42. The summed E-state index contributed by atoms with van der Waals surface area (Å²) >= 11 is 0. The summed E-state index contributed by atoms with van der Waals surface area (Å²) in [5.41, 5.74) is -2.63. The summed E-state index contributed by atoms with van der Waals surface area (Å²) in [4.78, 5) is 34.5. The van der Waals surface area contributed by atoms with E-state index in [1.807, 2.05) is 0 Å². The number of hydrogen-bond donors (Lipinski definition) is 1. The van der Waals surface area contributed by atoms with Crippen molar-refractivity contribution in [1.29, 1.82) is 0 Å². The van der Waals surface area contributed by atoms with Gasteiger partial charge < -0.3 is 9.84 Å². The first kappa shape index (κ1) is 19.0. The molecule has 1 fully saturated rings. The normalized spacial score (nSPS) is 26.9. The molecular formula is C16H16N2O8S. The minimum Gasteiger partial charge on any atom is -0.466 e. The van der Waals surface area contributed by atoms with Gasteiger partial charge in [-0.05, 0) is 31.6 Å². The molecule has 2 bridgehead atoms. The highest BCUT2D eigenvalue weighted by atomic mass is 32.2. The zero-order valence-corrected chi connectivity index (χ0v) is 15.0. The van der Waals surface area contributed by atoms with E-state index in [1.54, 1.807) is 6.92 Å². The van der Waals surface area contributed by atoms with Gasteiger partial charge in [0.2, 0.25) is 0 Å². The zero-order chi connectivity index (χ0) is 20.0. The summed E-state index contributed by atoms with van der Waals surface area (Å²) in [6.45, 7) is 1.63. The number of carbonyl (C=O) groups is 2. The van der Waals surface area contributed by atoms with Crippen LogP contribution in [0.3, 0.4) is 0 Å². The van der Waals surface area contributed by atoms with Gasteiger partial charge in [-0.25, -0.2) is 12.7 Å². The second-order valence-electron chi connectivity index (χ2n) is 6.15. The second-order valence-corrected chi connectivity index (χ2v) is 7.96. The molecule has 144 valence electrons. The van der Waals surface area contributed by atoms with E-state index >= 15 is 0 Å². The van der Waals surface area contributed by atoms with Gasteiger partial charge in [-0.15, -0.1) is 0 Å². The Balaban J connectivity index is 1.97. The van der Waals surface area contributed by atoms with Crippen LogP contribution in [0.2, 0.25) is 0 Å². The van der Waals surface area contributed by atoms with E-state index in [0.29, 0.717) is 4.31 Å². The number of benzene rings is 1. The van der Waals surface area contributed by atoms with Crippen LogP contribution in [0, 0.1) is 16.0 Å². The largest absolute Gasteiger partial charge is 0.466 e. The van der Waals surface area contributed by atoms with Crippen molar-refractivity contribution >= 4 is 27.6 Å². The number of piperidine rings is 1. The average Bonchev–Trinajstić information content (AvgIpc) is 2.62. The highest BCUT2D eigenvalue weighted by molar-refractivity contribution is 7.89. The van der Waals surface area contributed by atoms with Crippen molar-refractivity contribution in [3.8, 4) is 0 Å². The summed E-state index contributed by atoms with van der Waals surface area (Å²) in [5.74, 6) is -3.14. The van der Waals surface area contributed by atoms with Gasteiger partial charge in [0.15, 0.2) is 5.60 Å². The van der Waals surface area contributed by atoms with Gasteiger partial charge in [-0.3, -0.25) is 19.7 Å². The van der Waals surface area contributed by atoms with E-state index in [0.717, 1.165) is 30.3 Å². The number of esters is 1. The molecule has 1 aliphatic carbocycles. The van der Waals surface area contributed by atoms with Gasteiger partial charge in [-0.2, -0.15) is 0 Å². The Hall–Kier alpha value is -2.79. The Labute approximate surface area is 154 Å². The maximum Gasteiger partial charge on any atom is 0.312 e. The quantitative estimate of drug-likeness (QED) is 0.325. The first-order valence-corrected chi connectivity index (χ1v) is 9.48. The number of carbonyl (C=O) groups excluding carboxylic acids is 2. The third-order valence-corrected chi connectivity index (χ3v) is 6.42. The van der Waals surface area contributed by atoms with Gasteiger partial charge in [0.1, 0.15) is 5.92 Å². The number of ether oxygens (including phenoxy) is 1. The minimum atomic E-state index is -4.39. The maximum absolute atomic E-state index is 12.9. The van der Waals surface area contributed by atoms with Crippen LogP contribution in [0.5, 0.6) is 0 Å². The van der Waals surface area contributed by atoms with E-state index in [2.05, 4.69) is 0 Å². The number of nitro benzene ring substituents is 1. The fourth-order valence-electron chi connectivity index (χ4n) is 3.25. The fourth-order valence-corrected chi connectivity index (χ4v) is 4.84. The lowest BCUT2D eigenvalue weighted by atomic mass is 9.73. The molecule has 11 heteroatoms. The molecule has 2 heterocycles. The summed E-state index contributed by atoms with van der Waals surface area (Å²) in [5, 5.41) is 21.4. The molecule has 10 nitrogen and oxygen atoms in total. The Morgan fingerprint density at radius 1 is 1.41 bits per heavy atom. The molecule has 0 radical (unpaired) electrons. The minimum absolute atomic E-state index is 0.0544. The van der Waals surface area contributed by atoms with Crippen LogP contribution in [0.15, 0.2) is 41.3 Å². The van der Waals surface area contributed by atoms with E-state index in [1.165, 1.54) is 6.08 Å². The first-order chi connectivity index (χ1) is 12.6. The third-order valence-electron chi connectivity index (χ3n) is 4.60. The van der Waals surface area contributed by atoms with Crippen molar-refractivity contribution in [3.63, 3.8) is 0 Å². The molecule has 2 aliphatic heterocycles. The van der Waals surface area contributed by atoms with Crippen LogP contribution >= 0.6 is 0 Å². The number of rotatable bonds is 5. The van der Waals surface area contributed by atoms with Gasteiger partial charge in [0.05, 0.1) is 22.5 Å². The van der Waals surface area contributed by atoms with Crippen molar-refractivity contribution in [2.75, 3.05) is 6.61 Å². The van der Waals surface area contributed by atoms with E-state index in [-0.39, 0.29) is 23.6 Å². The lowest BCUT2D eigenvalue weighted by molar-refractivity contribution is -0.384. The Bertz CT molecular complexity index is 940. The molecule has 27 heavy (non-hydrogen) atoms. The van der Waals surface area contributed by atoms with Crippen LogP contribution in [-0.2, 0) is 24.3 Å². The molecule has 0 spiro atoms. The fraction of sp³-hybridized carbons (Fsp3) is 0.375. The molecule has 4 rings (SSSR count). The second kappa shape index (κ2) is 6.43. The number of aliphatic hydroxyl groups is 1. The van der Waals surface area contributed by atoms with Crippen LogP contribution in [0.1, 0.15) is 13.3 Å². The number of sulfonamides is 1. The van der Waals surface area contributed by atoms with Crippen LogP contribution in [0.4, 0.5) is 5.69 Å². The monoisotopic (exact) mass is 396 g/mol. The van der Waals surface area contributed by atoms with E-state index in [9.17, 15) is 33.2 Å². The lowest BCUT2D eigenvalue weighted by Gasteiger charge is -2.47. The van der Waals surface area contributed by atoms with Crippen molar-refractivity contribution in [3.05, 3.63) is 46.5 Å². The molecule has 1 amide bonds. The summed E-state index contributed by atoms with van der Waals surface area (Å²) in [7, 11) is -4.39. The van der Waals surface area contributed by atoms with Crippen molar-refractivity contribution in [2.45, 2.75) is 29.9 Å². The van der Waals surface area contributed by atoms with E-state index < -0.39 is 44.4 Å². The summed E-state index contributed by atoms with van der Waals surface area (Å²) in [6.07, 6.45) is 2.34. The molecule has 0 saturated carbocycles. The molecule has 1 aromatic rings. The van der Waals surface area contributed by atoms with Crippen LogP contribution in [-0.4, -0.2) is 52.9 Å². The number of nitrogens with zero attached hydrogens (tertiary/aromatic N) is 2. The summed E-state index contributed by atoms with van der Waals surface area (Å²) in [6, 6.07) is 3.07. The van der Waals surface area contributed by atoms with Gasteiger partial charge in [0.25, 0.3) is 21.6 Å². The maximum atomic E-state index is 12.9. The lowest BCUT2D eigenvalue weighted by Crippen LogP contribution is -2.66. The average molecular weight is 396 g/mol. The molecule has 3 aliphatic rings. The smallest absolute Gasteiger partial charge is 0.312 e. The number of nitro groups is 1. The molecule has 0 aromatic heterocycles. The number of fused-ring (bicyclic) bond motifs is 2. The van der Waals surface area contributed by atoms with Gasteiger partial charge in [-0.1, -0.05) is 6.08 Å². The standard InChI is InChI=1S/C16H16N2O8S/c1-2-26-14(19)13-9-11-7-8-16(13,21)15(20)17(11)27(24,25)12-5-3-10(4-6-12)18(22)23/h3-8,11,13,21H,2,9H2,1H3/t11-,13-,16-/m0/s1. The summed E-state index contributed by atoms with van der Waals surface area (Å²) < 4.78 is 31.2. The van der Waals surface area contributed by atoms with Crippen molar-refractivity contribution in [1.82, 2.24) is 4.31 Å². The van der Waals surface area contributed by atoms with Crippen LogP contribution in [0.25, 0.3) is 0 Å². The Morgan fingerprint density at radius 2 is 2.04 bits per heavy atom. The van der Waals surface area contributed by atoms with Gasteiger partial charge in [0, 0.05) is 12.1 Å². The topological polar surface area (TPSA) is 144 Å². The van der Waals surface area contributed by atoms with Crippen molar-refractivity contribution < 1.29 is 32.8 Å². The predicted octanol–water partition coefficient (Wildman–Crippen LogP) is 0.365. The third kappa shape index (κ3) is 2.88.